The summed E-state index contributed by atoms with van der Waals surface area (Å²) in [5.74, 6) is 0.707. The molecule has 0 fully saturated rings. The van der Waals surface area contributed by atoms with E-state index in [9.17, 15) is 4.79 Å². The number of ether oxygens (including phenoxy) is 1. The van der Waals surface area contributed by atoms with Crippen molar-refractivity contribution in [3.63, 3.8) is 0 Å². The number of carbonyl (C=O) groups excluding carboxylic acids is 1. The van der Waals surface area contributed by atoms with E-state index in [1.165, 1.54) is 0 Å². The molecule has 0 aliphatic rings. The molecule has 0 radical (unpaired) electrons. The van der Waals surface area contributed by atoms with Gasteiger partial charge in [0.2, 0.25) is 0 Å². The fourth-order valence-electron chi connectivity index (χ4n) is 2.10. The summed E-state index contributed by atoms with van der Waals surface area (Å²) in [5, 5.41) is 0. The molecule has 4 heteroatoms. The van der Waals surface area contributed by atoms with Gasteiger partial charge in [-0.05, 0) is 31.2 Å². The molecule has 3 nitrogen and oxygen atoms in total. The number of hydrogen-bond donors (Lipinski definition) is 1. The third-order valence-corrected chi connectivity index (χ3v) is 3.59. The molecule has 0 aliphatic heterocycles. The number of anilines is 1. The molecule has 0 atom stereocenters. The second-order valence-corrected chi connectivity index (χ2v) is 5.56. The van der Waals surface area contributed by atoms with Crippen molar-refractivity contribution in [3.05, 3.63) is 57.6 Å². The first kappa shape index (κ1) is 14.6. The van der Waals surface area contributed by atoms with Crippen molar-refractivity contribution in [2.75, 3.05) is 12.8 Å². The first-order valence-corrected chi connectivity index (χ1v) is 7.02. The molecule has 0 spiro atoms. The summed E-state index contributed by atoms with van der Waals surface area (Å²) in [4.78, 5) is 12.4. The number of rotatable bonds is 4. The zero-order valence-electron chi connectivity index (χ0n) is 11.4. The molecule has 0 saturated heterocycles. The van der Waals surface area contributed by atoms with Crippen molar-refractivity contribution in [1.29, 1.82) is 0 Å². The van der Waals surface area contributed by atoms with Gasteiger partial charge in [0, 0.05) is 27.7 Å². The average molecular weight is 334 g/mol. The fraction of sp³-hybridized carbons (Fsp3) is 0.188. The number of aryl methyl sites for hydroxylation is 1. The lowest BCUT2D eigenvalue weighted by Gasteiger charge is -2.10. The largest absolute Gasteiger partial charge is 0.496 e. The van der Waals surface area contributed by atoms with Gasteiger partial charge in [0.1, 0.15) is 5.75 Å². The van der Waals surface area contributed by atoms with Crippen LogP contribution in [0.15, 0.2) is 40.9 Å². The molecule has 0 amide bonds. The quantitative estimate of drug-likeness (QED) is 0.684. The molecule has 0 aromatic heterocycles. The summed E-state index contributed by atoms with van der Waals surface area (Å²) in [5.41, 5.74) is 8.89. The Morgan fingerprint density at radius 2 is 2.00 bits per heavy atom. The van der Waals surface area contributed by atoms with Crippen LogP contribution < -0.4 is 10.5 Å². The zero-order chi connectivity index (χ0) is 14.7. The van der Waals surface area contributed by atoms with Gasteiger partial charge in [-0.25, -0.2) is 0 Å². The molecule has 0 bridgehead atoms. The van der Waals surface area contributed by atoms with Crippen molar-refractivity contribution >= 4 is 27.4 Å². The van der Waals surface area contributed by atoms with E-state index in [0.717, 1.165) is 21.3 Å². The topological polar surface area (TPSA) is 52.3 Å². The van der Waals surface area contributed by atoms with Gasteiger partial charge in [0.05, 0.1) is 7.11 Å². The molecular formula is C16H16BrNO2. The molecule has 2 N–H and O–H groups in total. The van der Waals surface area contributed by atoms with Crippen molar-refractivity contribution in [3.8, 4) is 5.75 Å². The Bertz CT molecular complexity index is 653. The summed E-state index contributed by atoms with van der Waals surface area (Å²) in [6.45, 7) is 1.99. The Hall–Kier alpha value is -1.81. The van der Waals surface area contributed by atoms with Gasteiger partial charge in [0.25, 0.3) is 0 Å². The van der Waals surface area contributed by atoms with Crippen LogP contribution in [0, 0.1) is 6.92 Å². The summed E-state index contributed by atoms with van der Waals surface area (Å²) < 4.78 is 6.16. The highest BCUT2D eigenvalue weighted by Gasteiger charge is 2.13. The van der Waals surface area contributed by atoms with Crippen LogP contribution in [0.25, 0.3) is 0 Å². The third-order valence-electron chi connectivity index (χ3n) is 3.10. The number of carbonyl (C=O) groups is 1. The van der Waals surface area contributed by atoms with E-state index in [1.54, 1.807) is 19.2 Å². The van der Waals surface area contributed by atoms with Gasteiger partial charge < -0.3 is 10.5 Å². The molecule has 104 valence electrons. The summed E-state index contributed by atoms with van der Waals surface area (Å²) in [7, 11) is 1.60. The van der Waals surface area contributed by atoms with E-state index in [4.69, 9.17) is 10.5 Å². The number of halogens is 1. The van der Waals surface area contributed by atoms with Crippen molar-refractivity contribution in [2.24, 2.45) is 0 Å². The third kappa shape index (κ3) is 3.20. The summed E-state index contributed by atoms with van der Waals surface area (Å²) >= 11 is 3.33. The van der Waals surface area contributed by atoms with E-state index in [2.05, 4.69) is 15.9 Å². The number of ketones is 1. The Morgan fingerprint density at radius 1 is 1.25 bits per heavy atom. The maximum absolute atomic E-state index is 12.4. The highest BCUT2D eigenvalue weighted by Crippen LogP contribution is 2.24. The van der Waals surface area contributed by atoms with Crippen LogP contribution in [0.1, 0.15) is 21.5 Å². The average Bonchev–Trinajstić information content (AvgIpc) is 2.38. The highest BCUT2D eigenvalue weighted by atomic mass is 79.9. The van der Waals surface area contributed by atoms with Crippen LogP contribution in [-0.4, -0.2) is 12.9 Å². The number of nitrogen functional groups attached to an aromatic ring is 1. The van der Waals surface area contributed by atoms with Crippen LogP contribution in [0.5, 0.6) is 5.75 Å². The maximum atomic E-state index is 12.4. The van der Waals surface area contributed by atoms with Gasteiger partial charge >= 0.3 is 0 Å². The van der Waals surface area contributed by atoms with Gasteiger partial charge in [0.15, 0.2) is 5.78 Å². The maximum Gasteiger partial charge on any atom is 0.169 e. The minimum absolute atomic E-state index is 0.0149. The number of Topliss-reactive ketones (excluding diaryl/α,β-unsaturated/α-hetero) is 1. The number of nitrogens with two attached hydrogens (primary N) is 1. The summed E-state index contributed by atoms with van der Waals surface area (Å²) in [6.07, 6.45) is 0.274. The van der Waals surface area contributed by atoms with Crippen LogP contribution in [-0.2, 0) is 6.42 Å². The molecule has 2 aromatic carbocycles. The predicted molar refractivity (Wildman–Crippen MR) is 84.3 cm³/mol. The lowest BCUT2D eigenvalue weighted by atomic mass is 10.00. The molecule has 20 heavy (non-hydrogen) atoms. The molecule has 0 unspecified atom stereocenters. The van der Waals surface area contributed by atoms with Gasteiger partial charge in [-0.15, -0.1) is 0 Å². The zero-order valence-corrected chi connectivity index (χ0v) is 13.0. The second kappa shape index (κ2) is 6.09. The van der Waals surface area contributed by atoms with Crippen LogP contribution >= 0.6 is 15.9 Å². The van der Waals surface area contributed by atoms with Gasteiger partial charge in [-0.1, -0.05) is 33.6 Å². The number of benzene rings is 2. The van der Waals surface area contributed by atoms with Crippen molar-refractivity contribution < 1.29 is 9.53 Å². The normalized spacial score (nSPS) is 10.3. The first-order chi connectivity index (χ1) is 9.51. The van der Waals surface area contributed by atoms with E-state index in [1.807, 2.05) is 31.2 Å². The first-order valence-electron chi connectivity index (χ1n) is 6.23. The Balaban J connectivity index is 2.30. The Morgan fingerprint density at radius 3 is 2.65 bits per heavy atom. The standard InChI is InChI=1S/C16H16BrNO2/c1-10-3-6-16(20-2)11(7-10)8-15(19)13-5-4-12(17)9-14(13)18/h3-7,9H,8,18H2,1-2H3. The Labute approximate surface area is 126 Å². The van der Waals surface area contributed by atoms with E-state index in [-0.39, 0.29) is 12.2 Å². The van der Waals surface area contributed by atoms with E-state index >= 15 is 0 Å². The van der Waals surface area contributed by atoms with Crippen molar-refractivity contribution in [2.45, 2.75) is 13.3 Å². The molecule has 0 aliphatic carbocycles. The van der Waals surface area contributed by atoms with Crippen LogP contribution in [0.2, 0.25) is 0 Å². The van der Waals surface area contributed by atoms with Crippen LogP contribution in [0.3, 0.4) is 0 Å². The minimum Gasteiger partial charge on any atom is -0.496 e. The smallest absolute Gasteiger partial charge is 0.169 e. The van der Waals surface area contributed by atoms with E-state index in [0.29, 0.717) is 11.3 Å². The fourth-order valence-corrected chi connectivity index (χ4v) is 2.48. The van der Waals surface area contributed by atoms with E-state index < -0.39 is 0 Å². The predicted octanol–water partition coefficient (Wildman–Crippen LogP) is 3.77. The SMILES string of the molecule is COc1ccc(C)cc1CC(=O)c1ccc(Br)cc1N. The molecular weight excluding hydrogens is 318 g/mol. The number of hydrogen-bond acceptors (Lipinski definition) is 3. The molecule has 2 rings (SSSR count). The summed E-state index contributed by atoms with van der Waals surface area (Å²) in [6, 6.07) is 11.1. The van der Waals surface area contributed by atoms with Gasteiger partial charge in [-0.3, -0.25) is 4.79 Å². The highest BCUT2D eigenvalue weighted by molar-refractivity contribution is 9.10. The second-order valence-electron chi connectivity index (χ2n) is 4.65. The van der Waals surface area contributed by atoms with Crippen LogP contribution in [0.4, 0.5) is 5.69 Å². The molecule has 0 heterocycles. The molecule has 2 aromatic rings. The lowest BCUT2D eigenvalue weighted by Crippen LogP contribution is -2.08. The lowest BCUT2D eigenvalue weighted by molar-refractivity contribution is 0.0993. The minimum atomic E-state index is -0.0149. The van der Waals surface area contributed by atoms with Crippen molar-refractivity contribution in [1.82, 2.24) is 0 Å². The van der Waals surface area contributed by atoms with Gasteiger partial charge in [-0.2, -0.15) is 0 Å². The molecule has 0 saturated carbocycles. The number of methoxy groups -OCH3 is 1. The Kier molecular flexibility index (Phi) is 4.45. The monoisotopic (exact) mass is 333 g/mol.